The number of nitrogens with zero attached hydrogens (tertiary/aromatic N) is 1. The molecule has 0 unspecified atom stereocenters. The molecule has 3 heteroatoms. The van der Waals surface area contributed by atoms with Crippen LogP contribution in [-0.2, 0) is 16.0 Å². The molecule has 1 aromatic carbocycles. The molecule has 0 saturated carbocycles. The number of hydrogen-bond acceptors (Lipinski definition) is 3. The van der Waals surface area contributed by atoms with Crippen LogP contribution in [0.4, 0.5) is 0 Å². The van der Waals surface area contributed by atoms with Crippen molar-refractivity contribution in [2.45, 2.75) is 45.1 Å². The Kier molecular flexibility index (Phi) is 4.61. The maximum absolute atomic E-state index is 6.10. The highest BCUT2D eigenvalue weighted by Crippen LogP contribution is 2.23. The van der Waals surface area contributed by atoms with E-state index in [9.17, 15) is 0 Å². The largest absolute Gasteiger partial charge is 0.377 e. The molecule has 106 valence electrons. The van der Waals surface area contributed by atoms with Gasteiger partial charge in [-0.1, -0.05) is 30.3 Å². The zero-order valence-corrected chi connectivity index (χ0v) is 12.4. The maximum Gasteiger partial charge on any atom is 0.0982 e. The highest BCUT2D eigenvalue weighted by molar-refractivity contribution is 5.14. The standard InChI is InChI=1S/C16H25NO2/c1-16(2,3)19-15-12-17(11-14(15)18-4)10-13-8-6-5-7-9-13/h5-9,14-15H,10-12H2,1-4H3/t14-,15+/m0/s1. The molecule has 0 N–H and O–H groups in total. The second-order valence-corrected chi connectivity index (χ2v) is 6.22. The van der Waals surface area contributed by atoms with Crippen molar-refractivity contribution in [1.82, 2.24) is 4.90 Å². The van der Waals surface area contributed by atoms with Crippen LogP contribution < -0.4 is 0 Å². The van der Waals surface area contributed by atoms with Crippen molar-refractivity contribution in [2.75, 3.05) is 20.2 Å². The van der Waals surface area contributed by atoms with E-state index in [2.05, 4.69) is 56.0 Å². The average Bonchev–Trinajstić information content (AvgIpc) is 2.70. The van der Waals surface area contributed by atoms with Crippen molar-refractivity contribution in [2.24, 2.45) is 0 Å². The van der Waals surface area contributed by atoms with Gasteiger partial charge in [0.25, 0.3) is 0 Å². The lowest BCUT2D eigenvalue weighted by molar-refractivity contribution is -0.0996. The van der Waals surface area contributed by atoms with E-state index in [0.717, 1.165) is 19.6 Å². The van der Waals surface area contributed by atoms with E-state index in [1.807, 2.05) is 0 Å². The second kappa shape index (κ2) is 6.04. The third-order valence-electron chi connectivity index (χ3n) is 3.35. The Bertz CT molecular complexity index is 385. The van der Waals surface area contributed by atoms with Gasteiger partial charge in [0, 0.05) is 26.7 Å². The summed E-state index contributed by atoms with van der Waals surface area (Å²) in [5.41, 5.74) is 1.22. The first-order chi connectivity index (χ1) is 8.98. The van der Waals surface area contributed by atoms with Crippen molar-refractivity contribution in [3.05, 3.63) is 35.9 Å². The molecule has 0 aliphatic carbocycles. The van der Waals surface area contributed by atoms with Crippen LogP contribution >= 0.6 is 0 Å². The van der Waals surface area contributed by atoms with Crippen LogP contribution in [0.25, 0.3) is 0 Å². The second-order valence-electron chi connectivity index (χ2n) is 6.22. The van der Waals surface area contributed by atoms with Crippen LogP contribution in [0.3, 0.4) is 0 Å². The zero-order chi connectivity index (χ0) is 13.9. The zero-order valence-electron chi connectivity index (χ0n) is 12.4. The molecule has 1 aromatic rings. The molecule has 1 aliphatic rings. The molecule has 0 amide bonds. The van der Waals surface area contributed by atoms with Gasteiger partial charge >= 0.3 is 0 Å². The van der Waals surface area contributed by atoms with Crippen LogP contribution in [0, 0.1) is 0 Å². The lowest BCUT2D eigenvalue weighted by atomic mass is 10.1. The molecule has 1 heterocycles. The average molecular weight is 263 g/mol. The smallest absolute Gasteiger partial charge is 0.0982 e. The van der Waals surface area contributed by atoms with Crippen LogP contribution in [0.15, 0.2) is 30.3 Å². The van der Waals surface area contributed by atoms with Crippen molar-refractivity contribution in [1.29, 1.82) is 0 Å². The van der Waals surface area contributed by atoms with E-state index in [1.54, 1.807) is 7.11 Å². The highest BCUT2D eigenvalue weighted by Gasteiger charge is 2.35. The van der Waals surface area contributed by atoms with Gasteiger partial charge in [-0.05, 0) is 26.3 Å². The monoisotopic (exact) mass is 263 g/mol. The summed E-state index contributed by atoms with van der Waals surface area (Å²) >= 11 is 0. The first-order valence-corrected chi connectivity index (χ1v) is 6.95. The lowest BCUT2D eigenvalue weighted by Gasteiger charge is -2.27. The van der Waals surface area contributed by atoms with Crippen molar-refractivity contribution in [3.63, 3.8) is 0 Å². The van der Waals surface area contributed by atoms with Crippen LogP contribution in [-0.4, -0.2) is 42.9 Å². The summed E-state index contributed by atoms with van der Waals surface area (Å²) < 4.78 is 11.7. The topological polar surface area (TPSA) is 21.7 Å². The number of benzene rings is 1. The van der Waals surface area contributed by atoms with Gasteiger partial charge in [-0.2, -0.15) is 0 Å². The van der Waals surface area contributed by atoms with Crippen molar-refractivity contribution >= 4 is 0 Å². The Labute approximate surface area is 116 Å². The molecule has 0 spiro atoms. The first-order valence-electron chi connectivity index (χ1n) is 6.95. The molecule has 1 fully saturated rings. The third-order valence-corrected chi connectivity index (χ3v) is 3.35. The van der Waals surface area contributed by atoms with E-state index in [-0.39, 0.29) is 17.8 Å². The summed E-state index contributed by atoms with van der Waals surface area (Å²) in [7, 11) is 1.77. The summed E-state index contributed by atoms with van der Waals surface area (Å²) in [4.78, 5) is 2.40. The van der Waals surface area contributed by atoms with Crippen molar-refractivity contribution in [3.8, 4) is 0 Å². The SMILES string of the molecule is CO[C@H]1CN(Cc2ccccc2)C[C@H]1OC(C)(C)C. The summed E-state index contributed by atoms with van der Waals surface area (Å²) in [6.07, 6.45) is 0.330. The summed E-state index contributed by atoms with van der Waals surface area (Å²) in [5.74, 6) is 0. The summed E-state index contributed by atoms with van der Waals surface area (Å²) in [5, 5.41) is 0. The molecule has 1 saturated heterocycles. The Morgan fingerprint density at radius 3 is 2.32 bits per heavy atom. The Morgan fingerprint density at radius 1 is 1.11 bits per heavy atom. The summed E-state index contributed by atoms with van der Waals surface area (Å²) in [6, 6.07) is 10.6. The van der Waals surface area contributed by atoms with Gasteiger partial charge < -0.3 is 9.47 Å². The molecule has 3 nitrogen and oxygen atoms in total. The van der Waals surface area contributed by atoms with Crippen LogP contribution in [0.5, 0.6) is 0 Å². The normalized spacial score (nSPS) is 24.8. The van der Waals surface area contributed by atoms with Gasteiger partial charge in [-0.3, -0.25) is 4.90 Å². The van der Waals surface area contributed by atoms with Gasteiger partial charge in [-0.15, -0.1) is 0 Å². The molecule has 0 bridgehead atoms. The molecular formula is C16H25NO2. The highest BCUT2D eigenvalue weighted by atomic mass is 16.6. The fourth-order valence-electron chi connectivity index (χ4n) is 2.58. The van der Waals surface area contributed by atoms with Gasteiger partial charge in [0.1, 0.15) is 0 Å². The minimum atomic E-state index is -0.121. The van der Waals surface area contributed by atoms with Crippen LogP contribution in [0.2, 0.25) is 0 Å². The van der Waals surface area contributed by atoms with Gasteiger partial charge in [0.15, 0.2) is 0 Å². The van der Waals surface area contributed by atoms with E-state index < -0.39 is 0 Å². The van der Waals surface area contributed by atoms with Gasteiger partial charge in [0.05, 0.1) is 17.8 Å². The van der Waals surface area contributed by atoms with Gasteiger partial charge in [0.2, 0.25) is 0 Å². The Morgan fingerprint density at radius 2 is 1.74 bits per heavy atom. The van der Waals surface area contributed by atoms with E-state index in [0.29, 0.717) is 0 Å². The lowest BCUT2D eigenvalue weighted by Crippen LogP contribution is -2.36. The van der Waals surface area contributed by atoms with E-state index >= 15 is 0 Å². The molecule has 2 rings (SSSR count). The minimum absolute atomic E-state index is 0.121. The maximum atomic E-state index is 6.10. The fourth-order valence-corrected chi connectivity index (χ4v) is 2.58. The Balaban J connectivity index is 1.95. The fraction of sp³-hybridized carbons (Fsp3) is 0.625. The van der Waals surface area contributed by atoms with Crippen molar-refractivity contribution < 1.29 is 9.47 Å². The van der Waals surface area contributed by atoms with E-state index in [1.165, 1.54) is 5.56 Å². The molecule has 2 atom stereocenters. The molecule has 0 aromatic heterocycles. The number of hydrogen-bond donors (Lipinski definition) is 0. The molecular weight excluding hydrogens is 238 g/mol. The molecule has 0 radical (unpaired) electrons. The van der Waals surface area contributed by atoms with Crippen LogP contribution in [0.1, 0.15) is 26.3 Å². The van der Waals surface area contributed by atoms with Gasteiger partial charge in [-0.25, -0.2) is 0 Å². The minimum Gasteiger partial charge on any atom is -0.377 e. The summed E-state index contributed by atoms with van der Waals surface area (Å²) in [6.45, 7) is 9.13. The third kappa shape index (κ3) is 4.30. The molecule has 1 aliphatic heterocycles. The number of likely N-dealkylation sites (tertiary alicyclic amines) is 1. The van der Waals surface area contributed by atoms with E-state index in [4.69, 9.17) is 9.47 Å². The molecule has 19 heavy (non-hydrogen) atoms. The quantitative estimate of drug-likeness (QED) is 0.833. The predicted molar refractivity (Wildman–Crippen MR) is 77.1 cm³/mol. The number of rotatable bonds is 4. The Hall–Kier alpha value is -0.900. The number of ether oxygens (including phenoxy) is 2. The first kappa shape index (κ1) is 14.5. The predicted octanol–water partition coefficient (Wildman–Crippen LogP) is 2.70. The number of methoxy groups -OCH3 is 1.